The van der Waals surface area contributed by atoms with Crippen LogP contribution in [0.3, 0.4) is 0 Å². The van der Waals surface area contributed by atoms with Crippen LogP contribution in [-0.4, -0.2) is 34.9 Å². The molecule has 1 aliphatic carbocycles. The first kappa shape index (κ1) is 18.3. The number of fused-ring (bicyclic) bond motifs is 6. The molecule has 150 valence electrons. The maximum atomic E-state index is 12.9. The first-order valence-electron chi connectivity index (χ1n) is 10.2. The van der Waals surface area contributed by atoms with Crippen LogP contribution in [0.1, 0.15) is 60.8 Å². The molecular formula is C21H26N2O4S. The lowest BCUT2D eigenvalue weighted by Gasteiger charge is -2.34. The second-order valence-electron chi connectivity index (χ2n) is 9.65. The van der Waals surface area contributed by atoms with Crippen LogP contribution in [0.4, 0.5) is 0 Å². The first-order chi connectivity index (χ1) is 13.3. The Morgan fingerprint density at radius 3 is 2.39 bits per heavy atom. The van der Waals surface area contributed by atoms with Gasteiger partial charge in [0.15, 0.2) is 0 Å². The quantitative estimate of drug-likeness (QED) is 0.772. The van der Waals surface area contributed by atoms with Crippen LogP contribution >= 0.6 is 11.3 Å². The van der Waals surface area contributed by atoms with E-state index in [1.165, 1.54) is 4.88 Å². The number of carbonyl (C=O) groups is 3. The molecule has 0 radical (unpaired) electrons. The highest BCUT2D eigenvalue weighted by Crippen LogP contribution is 2.48. The summed E-state index contributed by atoms with van der Waals surface area (Å²) in [7, 11) is 0. The highest BCUT2D eigenvalue weighted by atomic mass is 32.1. The summed E-state index contributed by atoms with van der Waals surface area (Å²) in [5, 5.41) is 2.85. The molecule has 0 unspecified atom stereocenters. The number of amides is 3. The van der Waals surface area contributed by atoms with E-state index in [1.807, 2.05) is 5.38 Å². The molecule has 3 aliphatic heterocycles. The van der Waals surface area contributed by atoms with Crippen molar-refractivity contribution in [3.8, 4) is 0 Å². The summed E-state index contributed by atoms with van der Waals surface area (Å²) in [4.78, 5) is 39.7. The second-order valence-corrected chi connectivity index (χ2v) is 10.6. The third-order valence-electron chi connectivity index (χ3n) is 7.12. The van der Waals surface area contributed by atoms with E-state index in [0.29, 0.717) is 11.5 Å². The van der Waals surface area contributed by atoms with Crippen LogP contribution in [0.15, 0.2) is 5.38 Å². The number of hydrogen-bond acceptors (Lipinski definition) is 5. The van der Waals surface area contributed by atoms with E-state index in [1.54, 1.807) is 11.3 Å². The number of nitrogens with one attached hydrogen (secondary N) is 1. The van der Waals surface area contributed by atoms with Crippen molar-refractivity contribution < 1.29 is 19.1 Å². The molecule has 1 aromatic rings. The molecule has 4 aliphatic rings. The van der Waals surface area contributed by atoms with E-state index < -0.39 is 11.8 Å². The summed E-state index contributed by atoms with van der Waals surface area (Å²) >= 11 is 1.62. The summed E-state index contributed by atoms with van der Waals surface area (Å²) in [6.07, 6.45) is 4.21. The Hall–Kier alpha value is -1.73. The predicted molar refractivity (Wildman–Crippen MR) is 103 cm³/mol. The van der Waals surface area contributed by atoms with Gasteiger partial charge in [0.2, 0.25) is 0 Å². The monoisotopic (exact) mass is 402 g/mol. The van der Waals surface area contributed by atoms with Crippen molar-refractivity contribution >= 4 is 29.1 Å². The Labute approximate surface area is 168 Å². The number of carbonyl (C=O) groups excluding carboxylic acids is 3. The van der Waals surface area contributed by atoms with Gasteiger partial charge in [0.25, 0.3) is 17.7 Å². The first-order valence-corrected chi connectivity index (χ1v) is 11.1. The Morgan fingerprint density at radius 1 is 1.14 bits per heavy atom. The van der Waals surface area contributed by atoms with E-state index in [0.717, 1.165) is 42.7 Å². The van der Waals surface area contributed by atoms with Crippen LogP contribution in [-0.2, 0) is 27.2 Å². The van der Waals surface area contributed by atoms with E-state index in [4.69, 9.17) is 4.74 Å². The zero-order valence-electron chi connectivity index (χ0n) is 16.5. The van der Waals surface area contributed by atoms with Crippen LogP contribution in [0.2, 0.25) is 0 Å². The number of thiophene rings is 1. The topological polar surface area (TPSA) is 75.7 Å². The largest absolute Gasteiger partial charge is 0.373 e. The van der Waals surface area contributed by atoms with Gasteiger partial charge in [0.1, 0.15) is 0 Å². The fourth-order valence-corrected chi connectivity index (χ4v) is 6.59. The van der Waals surface area contributed by atoms with Crippen LogP contribution in [0, 0.1) is 23.2 Å². The summed E-state index contributed by atoms with van der Waals surface area (Å²) in [6, 6.07) is 0. The van der Waals surface area contributed by atoms with Gasteiger partial charge in [0.05, 0.1) is 29.6 Å². The molecule has 5 atom stereocenters. The maximum Gasteiger partial charge on any atom is 0.271 e. The molecule has 3 fully saturated rings. The van der Waals surface area contributed by atoms with Gasteiger partial charge < -0.3 is 4.74 Å². The lowest BCUT2D eigenvalue weighted by Crippen LogP contribution is -2.48. The highest BCUT2D eigenvalue weighted by Gasteiger charge is 2.63. The molecule has 2 bridgehead atoms. The van der Waals surface area contributed by atoms with Crippen molar-refractivity contribution in [3.05, 3.63) is 21.4 Å². The molecule has 5 rings (SSSR count). The van der Waals surface area contributed by atoms with Crippen molar-refractivity contribution in [2.45, 2.75) is 65.1 Å². The van der Waals surface area contributed by atoms with E-state index in [9.17, 15) is 14.4 Å². The molecule has 3 saturated heterocycles. The molecule has 0 spiro atoms. The Morgan fingerprint density at radius 2 is 1.79 bits per heavy atom. The van der Waals surface area contributed by atoms with Gasteiger partial charge in [-0.15, -0.1) is 11.3 Å². The Kier molecular flexibility index (Phi) is 4.01. The minimum absolute atomic E-state index is 0.170. The van der Waals surface area contributed by atoms with Gasteiger partial charge in [-0.2, -0.15) is 5.01 Å². The average Bonchev–Trinajstić information content (AvgIpc) is 3.39. The lowest BCUT2D eigenvalue weighted by molar-refractivity contribution is -0.145. The molecule has 1 N–H and O–H groups in total. The zero-order valence-corrected chi connectivity index (χ0v) is 17.3. The minimum Gasteiger partial charge on any atom is -0.373 e. The van der Waals surface area contributed by atoms with E-state index in [-0.39, 0.29) is 35.3 Å². The van der Waals surface area contributed by atoms with Gasteiger partial charge in [-0.1, -0.05) is 20.8 Å². The summed E-state index contributed by atoms with van der Waals surface area (Å²) in [6.45, 7) is 6.80. The Balaban J connectivity index is 1.33. The molecule has 0 aromatic carbocycles. The molecule has 28 heavy (non-hydrogen) atoms. The maximum absolute atomic E-state index is 12.9. The van der Waals surface area contributed by atoms with Crippen LogP contribution in [0.5, 0.6) is 0 Å². The van der Waals surface area contributed by atoms with Gasteiger partial charge in [-0.3, -0.25) is 19.8 Å². The number of ether oxygens (including phenoxy) is 1. The number of rotatable bonds is 2. The van der Waals surface area contributed by atoms with Crippen molar-refractivity contribution in [2.24, 2.45) is 23.2 Å². The number of nitrogens with zero attached hydrogens (tertiary/aromatic N) is 1. The smallest absolute Gasteiger partial charge is 0.271 e. The van der Waals surface area contributed by atoms with Crippen LogP contribution < -0.4 is 5.43 Å². The lowest BCUT2D eigenvalue weighted by atomic mass is 9.72. The van der Waals surface area contributed by atoms with Crippen molar-refractivity contribution in [3.63, 3.8) is 0 Å². The van der Waals surface area contributed by atoms with Gasteiger partial charge >= 0.3 is 0 Å². The normalized spacial score (nSPS) is 34.0. The predicted octanol–water partition coefficient (Wildman–Crippen LogP) is 2.71. The number of imide groups is 1. The molecule has 6 nitrogen and oxygen atoms in total. The van der Waals surface area contributed by atoms with Crippen molar-refractivity contribution in [2.75, 3.05) is 0 Å². The molecular weight excluding hydrogens is 376 g/mol. The number of hydrogen-bond donors (Lipinski definition) is 1. The standard InChI is InChI=1S/C21H26N2O4S/c1-21(2,3)10-4-5-11-12(9-28-15(11)8-10)18(24)22-23-19(25)16-13-6-7-14(27-13)17(16)20(23)26/h9-10,13-14,16-17H,4-8H2,1-3H3,(H,22,24)/t10-,13-,14+,16+,17+/m1/s1. The van der Waals surface area contributed by atoms with Crippen molar-refractivity contribution in [1.82, 2.24) is 10.4 Å². The average molecular weight is 403 g/mol. The molecule has 7 heteroatoms. The zero-order chi connectivity index (χ0) is 19.8. The van der Waals surface area contributed by atoms with Crippen LogP contribution in [0.25, 0.3) is 0 Å². The molecule has 3 amide bonds. The van der Waals surface area contributed by atoms with Gasteiger partial charge in [-0.25, -0.2) is 0 Å². The SMILES string of the molecule is CC(C)(C)[C@@H]1CCc2c(C(=O)NN3C(=O)[C@@H]4[C@@H](C3=O)[C@H]3CC[C@@H]4O3)csc2C1. The van der Waals surface area contributed by atoms with E-state index in [2.05, 4.69) is 26.2 Å². The van der Waals surface area contributed by atoms with Crippen molar-refractivity contribution in [1.29, 1.82) is 0 Å². The third-order valence-corrected chi connectivity index (χ3v) is 8.17. The third kappa shape index (κ3) is 2.59. The highest BCUT2D eigenvalue weighted by molar-refractivity contribution is 7.10. The minimum atomic E-state index is -0.421. The molecule has 1 aromatic heterocycles. The van der Waals surface area contributed by atoms with Gasteiger partial charge in [-0.05, 0) is 49.0 Å². The van der Waals surface area contributed by atoms with Gasteiger partial charge in [0, 0.05) is 10.3 Å². The molecule has 4 heterocycles. The fraction of sp³-hybridized carbons (Fsp3) is 0.667. The summed E-state index contributed by atoms with van der Waals surface area (Å²) < 4.78 is 5.74. The van der Waals surface area contributed by atoms with E-state index >= 15 is 0 Å². The summed E-state index contributed by atoms with van der Waals surface area (Å²) in [5.74, 6) is -1.21. The fourth-order valence-electron chi connectivity index (χ4n) is 5.43. The Bertz CT molecular complexity index is 842. The number of hydrazine groups is 1. The second kappa shape index (κ2) is 6.13. The summed E-state index contributed by atoms with van der Waals surface area (Å²) in [5.41, 5.74) is 4.57. The molecule has 0 saturated carbocycles.